The van der Waals surface area contributed by atoms with Crippen LogP contribution in [-0.4, -0.2) is 31.5 Å². The molecule has 2 heterocycles. The Labute approximate surface area is 139 Å². The van der Waals surface area contributed by atoms with Crippen molar-refractivity contribution >= 4 is 23.3 Å². The maximum absolute atomic E-state index is 12.8. The molecule has 4 atom stereocenters. The Balaban J connectivity index is 1.92. The number of nitrogens with zero attached hydrogens (tertiary/aromatic N) is 1. The smallest absolute Gasteiger partial charge is 0.321 e. The second kappa shape index (κ2) is 5.32. The molecule has 1 saturated heterocycles. The van der Waals surface area contributed by atoms with Gasteiger partial charge in [0.05, 0.1) is 36.6 Å². The monoisotopic (exact) mass is 329 g/mol. The number of allylic oxidation sites excluding steroid dienone is 3. The van der Waals surface area contributed by atoms with E-state index in [-0.39, 0.29) is 17.9 Å². The van der Waals surface area contributed by atoms with Gasteiger partial charge in [-0.25, -0.2) is 0 Å². The van der Waals surface area contributed by atoms with Crippen molar-refractivity contribution < 1.29 is 14.3 Å². The molecule has 1 aromatic rings. The van der Waals surface area contributed by atoms with E-state index in [1.807, 2.05) is 42.5 Å². The summed E-state index contributed by atoms with van der Waals surface area (Å²) in [5, 5.41) is 0.475. The molecule has 1 aromatic carbocycles. The molecule has 1 aliphatic carbocycles. The summed E-state index contributed by atoms with van der Waals surface area (Å²) in [6.07, 6.45) is 5.05. The minimum atomic E-state index is -0.962. The summed E-state index contributed by atoms with van der Waals surface area (Å²) in [5.41, 5.74) is 0.673. The number of rotatable bonds is 2. The van der Waals surface area contributed by atoms with Gasteiger partial charge in [-0.3, -0.25) is 9.79 Å². The van der Waals surface area contributed by atoms with E-state index in [0.29, 0.717) is 17.4 Å². The summed E-state index contributed by atoms with van der Waals surface area (Å²) in [7, 11) is 1.40. The predicted molar refractivity (Wildman–Crippen MR) is 87.4 cm³/mol. The van der Waals surface area contributed by atoms with Crippen LogP contribution >= 0.6 is 11.6 Å². The number of ether oxygens (including phenoxy) is 2. The number of carbonyl (C=O) groups is 1. The fourth-order valence-corrected chi connectivity index (χ4v) is 4.22. The van der Waals surface area contributed by atoms with Crippen LogP contribution < -0.4 is 0 Å². The molecule has 3 aliphatic rings. The van der Waals surface area contributed by atoms with E-state index in [2.05, 4.69) is 0 Å². The van der Waals surface area contributed by atoms with Crippen LogP contribution in [0.1, 0.15) is 11.6 Å². The van der Waals surface area contributed by atoms with Crippen LogP contribution in [0.25, 0.3) is 0 Å². The van der Waals surface area contributed by atoms with Crippen molar-refractivity contribution in [2.24, 2.45) is 16.3 Å². The fraction of sp³-hybridized carbons (Fsp3) is 0.333. The molecule has 2 aliphatic heterocycles. The van der Waals surface area contributed by atoms with Gasteiger partial charge in [-0.1, -0.05) is 54.1 Å². The van der Waals surface area contributed by atoms with Crippen molar-refractivity contribution in [2.45, 2.75) is 12.1 Å². The average molecular weight is 330 g/mol. The zero-order valence-corrected chi connectivity index (χ0v) is 13.4. The van der Waals surface area contributed by atoms with Crippen LogP contribution in [0.4, 0.5) is 0 Å². The minimum absolute atomic E-state index is 0.123. The maximum Gasteiger partial charge on any atom is 0.321 e. The quantitative estimate of drug-likeness (QED) is 0.783. The largest absolute Gasteiger partial charge is 0.468 e. The highest BCUT2D eigenvalue weighted by Gasteiger charge is 2.66. The Hall–Kier alpha value is -1.91. The summed E-state index contributed by atoms with van der Waals surface area (Å²) < 4.78 is 11.1. The van der Waals surface area contributed by atoms with E-state index in [4.69, 9.17) is 26.1 Å². The van der Waals surface area contributed by atoms with Gasteiger partial charge in [0, 0.05) is 5.92 Å². The van der Waals surface area contributed by atoms with Crippen molar-refractivity contribution in [1.29, 1.82) is 0 Å². The van der Waals surface area contributed by atoms with E-state index < -0.39 is 11.5 Å². The van der Waals surface area contributed by atoms with Gasteiger partial charge in [0.15, 0.2) is 0 Å². The van der Waals surface area contributed by atoms with Crippen LogP contribution in [0.3, 0.4) is 0 Å². The highest BCUT2D eigenvalue weighted by atomic mass is 35.5. The van der Waals surface area contributed by atoms with Crippen molar-refractivity contribution in [1.82, 2.24) is 0 Å². The lowest BCUT2D eigenvalue weighted by molar-refractivity contribution is -0.151. The molecule has 0 aromatic heterocycles. The fourth-order valence-electron chi connectivity index (χ4n) is 3.94. The molecule has 0 unspecified atom stereocenters. The summed E-state index contributed by atoms with van der Waals surface area (Å²) in [6.45, 7) is 0.445. The Morgan fingerprint density at radius 2 is 2.17 bits per heavy atom. The van der Waals surface area contributed by atoms with Gasteiger partial charge in [0.1, 0.15) is 5.41 Å². The molecular weight excluding hydrogens is 314 g/mol. The number of hydrogen-bond acceptors (Lipinski definition) is 4. The molecule has 0 spiro atoms. The Morgan fingerprint density at radius 1 is 1.39 bits per heavy atom. The molecule has 5 heteroatoms. The SMILES string of the molecule is COC(=O)[C@]12C3=N[C@@H](c4ccccc4)[C@H]1CO[C@H]2C=CC=C3Cl. The third-order valence-electron chi connectivity index (χ3n) is 4.95. The number of carbonyl (C=O) groups excluding carboxylic acids is 1. The summed E-state index contributed by atoms with van der Waals surface area (Å²) in [6, 6.07) is 9.78. The van der Waals surface area contributed by atoms with Crippen LogP contribution in [-0.2, 0) is 14.3 Å². The Bertz CT molecular complexity index is 740. The van der Waals surface area contributed by atoms with Gasteiger partial charge in [-0.05, 0) is 11.6 Å². The van der Waals surface area contributed by atoms with E-state index in [1.165, 1.54) is 7.11 Å². The van der Waals surface area contributed by atoms with Gasteiger partial charge < -0.3 is 9.47 Å². The molecule has 4 nitrogen and oxygen atoms in total. The zero-order valence-electron chi connectivity index (χ0n) is 12.6. The highest BCUT2D eigenvalue weighted by Crippen LogP contribution is 2.56. The molecule has 0 radical (unpaired) electrons. The first kappa shape index (κ1) is 14.7. The third kappa shape index (κ3) is 1.88. The topological polar surface area (TPSA) is 47.9 Å². The van der Waals surface area contributed by atoms with Crippen molar-refractivity contribution in [2.75, 3.05) is 13.7 Å². The van der Waals surface area contributed by atoms with E-state index in [9.17, 15) is 4.79 Å². The number of methoxy groups -OCH3 is 1. The molecule has 1 fully saturated rings. The molecule has 0 bridgehead atoms. The Kier molecular flexibility index (Phi) is 3.39. The first-order valence-corrected chi connectivity index (χ1v) is 7.95. The lowest BCUT2D eigenvalue weighted by Crippen LogP contribution is -2.48. The van der Waals surface area contributed by atoms with Gasteiger partial charge in [0.25, 0.3) is 0 Å². The first-order valence-electron chi connectivity index (χ1n) is 7.57. The zero-order chi connectivity index (χ0) is 16.0. The number of benzene rings is 1. The number of halogens is 1. The van der Waals surface area contributed by atoms with Gasteiger partial charge in [-0.15, -0.1) is 0 Å². The highest BCUT2D eigenvalue weighted by molar-refractivity contribution is 6.46. The standard InChI is InChI=1S/C18H16ClNO3/c1-22-17(21)18-12-10-23-14(18)9-5-8-13(19)16(18)20-15(12)11-6-3-2-4-7-11/h2-9,12,14-15H,10H2,1H3/t12-,14+,15+,18-/m1/s1. The number of esters is 1. The van der Waals surface area contributed by atoms with Crippen molar-refractivity contribution in [3.8, 4) is 0 Å². The summed E-state index contributed by atoms with van der Waals surface area (Å²) in [4.78, 5) is 17.6. The van der Waals surface area contributed by atoms with E-state index in [0.717, 1.165) is 5.56 Å². The van der Waals surface area contributed by atoms with Crippen LogP contribution in [0.2, 0.25) is 0 Å². The molecule has 118 valence electrons. The summed E-state index contributed by atoms with van der Waals surface area (Å²) in [5.74, 6) is -0.456. The molecular formula is C18H16ClNO3. The summed E-state index contributed by atoms with van der Waals surface area (Å²) >= 11 is 6.44. The lowest BCUT2D eigenvalue weighted by Gasteiger charge is -2.31. The average Bonchev–Trinajstić information content (AvgIpc) is 3.07. The van der Waals surface area contributed by atoms with Crippen LogP contribution in [0.5, 0.6) is 0 Å². The second-order valence-corrected chi connectivity index (χ2v) is 6.36. The molecule has 0 N–H and O–H groups in total. The van der Waals surface area contributed by atoms with Gasteiger partial charge >= 0.3 is 5.97 Å². The van der Waals surface area contributed by atoms with Gasteiger partial charge in [0.2, 0.25) is 0 Å². The first-order chi connectivity index (χ1) is 11.2. The van der Waals surface area contributed by atoms with Gasteiger partial charge in [-0.2, -0.15) is 0 Å². The number of aliphatic imine (C=N–C) groups is 1. The number of hydrogen-bond donors (Lipinski definition) is 0. The van der Waals surface area contributed by atoms with E-state index in [1.54, 1.807) is 6.08 Å². The van der Waals surface area contributed by atoms with E-state index >= 15 is 0 Å². The van der Waals surface area contributed by atoms with Crippen LogP contribution in [0, 0.1) is 11.3 Å². The van der Waals surface area contributed by atoms with Crippen molar-refractivity contribution in [3.63, 3.8) is 0 Å². The lowest BCUT2D eigenvalue weighted by atomic mass is 9.69. The molecule has 0 amide bonds. The minimum Gasteiger partial charge on any atom is -0.468 e. The maximum atomic E-state index is 12.8. The molecule has 0 saturated carbocycles. The Morgan fingerprint density at radius 3 is 2.91 bits per heavy atom. The predicted octanol–water partition coefficient (Wildman–Crippen LogP) is 3.05. The van der Waals surface area contributed by atoms with Crippen LogP contribution in [0.15, 0.2) is 58.6 Å². The molecule has 4 rings (SSSR count). The molecule has 23 heavy (non-hydrogen) atoms. The normalized spacial score (nSPS) is 34.4. The van der Waals surface area contributed by atoms with Crippen molar-refractivity contribution in [3.05, 3.63) is 59.2 Å². The second-order valence-electron chi connectivity index (χ2n) is 5.95. The third-order valence-corrected chi connectivity index (χ3v) is 5.25.